The van der Waals surface area contributed by atoms with Gasteiger partial charge in [0.05, 0.1) is 26.2 Å². The maximum absolute atomic E-state index is 12.4. The van der Waals surface area contributed by atoms with E-state index in [1.807, 2.05) is 0 Å². The van der Waals surface area contributed by atoms with Crippen LogP contribution in [0.4, 0.5) is 0 Å². The molecule has 122 valence electrons. The highest BCUT2D eigenvalue weighted by Crippen LogP contribution is 2.50. The topological polar surface area (TPSA) is 76.0 Å². The molecule has 0 spiro atoms. The van der Waals surface area contributed by atoms with Gasteiger partial charge >= 0.3 is 7.60 Å². The normalized spacial score (nSPS) is 36.9. The minimum Gasteiger partial charge on any atom is -0.391 e. The van der Waals surface area contributed by atoms with E-state index in [0.29, 0.717) is 12.3 Å². The Labute approximate surface area is 129 Å². The summed E-state index contributed by atoms with van der Waals surface area (Å²) in [7, 11) is 2.58. The molecule has 1 saturated carbocycles. The lowest BCUT2D eigenvalue weighted by Crippen LogP contribution is -2.50. The molecule has 0 aromatic heterocycles. The van der Waals surface area contributed by atoms with E-state index in [2.05, 4.69) is 13.8 Å². The summed E-state index contributed by atoms with van der Waals surface area (Å²) in [5, 5.41) is 20.2. The van der Waals surface area contributed by atoms with Crippen molar-refractivity contribution in [1.82, 2.24) is 0 Å². The number of hydrogen-bond donors (Lipinski definition) is 2. The molecule has 21 heavy (non-hydrogen) atoms. The molecule has 2 N–H and O–H groups in total. The second-order valence-corrected chi connectivity index (χ2v) is 8.73. The second kappa shape index (κ2) is 7.61. The molecule has 0 aliphatic heterocycles. The van der Waals surface area contributed by atoms with Crippen LogP contribution in [0, 0.1) is 11.8 Å². The first-order chi connectivity index (χ1) is 9.53. The number of aliphatic hydroxyl groups excluding tert-OH is 2. The summed E-state index contributed by atoms with van der Waals surface area (Å²) < 4.78 is 23.3. The van der Waals surface area contributed by atoms with Crippen molar-refractivity contribution >= 4 is 15.4 Å². The molecule has 1 aliphatic carbocycles. The number of hydrogen-bond acceptors (Lipinski definition) is 5. The van der Waals surface area contributed by atoms with Crippen LogP contribution in [0.3, 0.4) is 0 Å². The highest BCUT2D eigenvalue weighted by molar-refractivity contribution is 7.53. The van der Waals surface area contributed by atoms with Gasteiger partial charge in [-0.25, -0.2) is 0 Å². The molecule has 2 radical (unpaired) electrons. The molecule has 5 nitrogen and oxygen atoms in total. The molecular weight excluding hydrogens is 290 g/mol. The average molecular weight is 318 g/mol. The molecule has 0 saturated heterocycles. The Bertz CT molecular complexity index is 376. The first-order valence-electron chi connectivity index (χ1n) is 7.59. The van der Waals surface area contributed by atoms with Gasteiger partial charge in [-0.1, -0.05) is 20.3 Å². The van der Waals surface area contributed by atoms with Gasteiger partial charge in [0, 0.05) is 6.66 Å². The van der Waals surface area contributed by atoms with E-state index in [-0.39, 0.29) is 12.0 Å². The third-order valence-electron chi connectivity index (χ3n) is 3.65. The zero-order chi connectivity index (χ0) is 16.4. The lowest BCUT2D eigenvalue weighted by atomic mass is 9.65. The van der Waals surface area contributed by atoms with E-state index in [4.69, 9.17) is 16.9 Å². The number of rotatable bonds is 6. The van der Waals surface area contributed by atoms with E-state index >= 15 is 0 Å². The van der Waals surface area contributed by atoms with Crippen molar-refractivity contribution in [2.24, 2.45) is 11.8 Å². The van der Waals surface area contributed by atoms with E-state index in [9.17, 15) is 14.8 Å². The van der Waals surface area contributed by atoms with Crippen molar-refractivity contribution in [3.63, 3.8) is 0 Å². The van der Waals surface area contributed by atoms with Crippen LogP contribution in [0.15, 0.2) is 0 Å². The quantitative estimate of drug-likeness (QED) is 0.581. The minimum atomic E-state index is -3.29. The zero-order valence-corrected chi connectivity index (χ0v) is 14.5. The van der Waals surface area contributed by atoms with Crippen LogP contribution in [-0.4, -0.2) is 49.1 Å². The molecule has 0 bridgehead atoms. The average Bonchev–Trinajstić information content (AvgIpc) is 2.29. The van der Waals surface area contributed by atoms with Gasteiger partial charge in [0.25, 0.3) is 0 Å². The fourth-order valence-electron chi connectivity index (χ4n) is 2.96. The molecule has 1 rings (SSSR count). The largest absolute Gasteiger partial charge is 0.391 e. The van der Waals surface area contributed by atoms with Gasteiger partial charge in [0.15, 0.2) is 0 Å². The van der Waals surface area contributed by atoms with Gasteiger partial charge in [-0.3, -0.25) is 4.57 Å². The first kappa shape index (κ1) is 19.2. The SMILES string of the molecule is [B]C1CC(CC(C)C)C(OP(C)(=O)OC(C)C)C(O)C1O. The molecule has 6 unspecified atom stereocenters. The molecular formula is C14H28BO5P. The van der Waals surface area contributed by atoms with E-state index < -0.39 is 31.7 Å². The standard InChI is InChI=1S/C14H28BO5P/c1-8(2)6-10-7-11(15)12(16)13(17)14(10)20-21(5,18)19-9(3)4/h8-14,16-17H,6-7H2,1-5H3. The van der Waals surface area contributed by atoms with E-state index in [1.165, 1.54) is 6.66 Å². The van der Waals surface area contributed by atoms with E-state index in [0.717, 1.165) is 6.42 Å². The molecule has 1 aliphatic rings. The molecule has 1 fully saturated rings. The maximum atomic E-state index is 12.4. The molecule has 0 aromatic carbocycles. The van der Waals surface area contributed by atoms with Gasteiger partial charge in [0.1, 0.15) is 6.10 Å². The zero-order valence-electron chi connectivity index (χ0n) is 13.6. The predicted octanol–water partition coefficient (Wildman–Crippen LogP) is 2.36. The predicted molar refractivity (Wildman–Crippen MR) is 83.7 cm³/mol. The Kier molecular flexibility index (Phi) is 6.95. The van der Waals surface area contributed by atoms with Crippen LogP contribution in [0.1, 0.15) is 40.5 Å². The Morgan fingerprint density at radius 3 is 2.29 bits per heavy atom. The summed E-state index contributed by atoms with van der Waals surface area (Å²) in [5.74, 6) is -0.161. The monoisotopic (exact) mass is 318 g/mol. The van der Waals surface area contributed by atoms with Gasteiger partial charge in [-0.05, 0) is 37.9 Å². The molecule has 7 heteroatoms. The molecule has 6 atom stereocenters. The molecule has 0 aromatic rings. The Morgan fingerprint density at radius 1 is 1.24 bits per heavy atom. The van der Waals surface area contributed by atoms with E-state index in [1.54, 1.807) is 13.8 Å². The van der Waals surface area contributed by atoms with Crippen molar-refractivity contribution in [3.8, 4) is 0 Å². The van der Waals surface area contributed by atoms with Gasteiger partial charge < -0.3 is 19.3 Å². The summed E-state index contributed by atoms with van der Waals surface area (Å²) in [6.07, 6.45) is -1.87. The maximum Gasteiger partial charge on any atom is 0.328 e. The molecule has 0 heterocycles. The fourth-order valence-corrected chi connectivity index (χ4v) is 4.52. The van der Waals surface area contributed by atoms with Crippen LogP contribution in [0.25, 0.3) is 0 Å². The van der Waals surface area contributed by atoms with Crippen LogP contribution >= 0.6 is 7.60 Å². The van der Waals surface area contributed by atoms with Crippen LogP contribution in [0.5, 0.6) is 0 Å². The Morgan fingerprint density at radius 2 is 1.81 bits per heavy atom. The van der Waals surface area contributed by atoms with Gasteiger partial charge in [-0.2, -0.15) is 0 Å². The van der Waals surface area contributed by atoms with Crippen LogP contribution in [-0.2, 0) is 13.6 Å². The van der Waals surface area contributed by atoms with Crippen molar-refractivity contribution in [2.75, 3.05) is 6.66 Å². The summed E-state index contributed by atoms with van der Waals surface area (Å²) >= 11 is 0. The highest BCUT2D eigenvalue weighted by atomic mass is 31.2. The third kappa shape index (κ3) is 5.68. The number of aliphatic hydroxyl groups is 2. The Hall–Kier alpha value is 0.135. The lowest BCUT2D eigenvalue weighted by Gasteiger charge is -2.43. The Balaban J connectivity index is 2.88. The van der Waals surface area contributed by atoms with Crippen LogP contribution in [0.2, 0.25) is 5.82 Å². The first-order valence-corrected chi connectivity index (χ1v) is 9.58. The molecule has 0 amide bonds. The fraction of sp³-hybridized carbons (Fsp3) is 1.00. The highest BCUT2D eigenvalue weighted by Gasteiger charge is 2.44. The summed E-state index contributed by atoms with van der Waals surface area (Å²) in [4.78, 5) is 0. The van der Waals surface area contributed by atoms with Crippen molar-refractivity contribution in [3.05, 3.63) is 0 Å². The smallest absolute Gasteiger partial charge is 0.328 e. The van der Waals surface area contributed by atoms with Gasteiger partial charge in [0.2, 0.25) is 0 Å². The lowest BCUT2D eigenvalue weighted by molar-refractivity contribution is -0.105. The van der Waals surface area contributed by atoms with Crippen molar-refractivity contribution in [1.29, 1.82) is 0 Å². The van der Waals surface area contributed by atoms with Crippen molar-refractivity contribution in [2.45, 2.75) is 70.8 Å². The third-order valence-corrected chi connectivity index (χ3v) is 5.09. The van der Waals surface area contributed by atoms with Gasteiger partial charge in [-0.15, -0.1) is 0 Å². The summed E-state index contributed by atoms with van der Waals surface area (Å²) in [6.45, 7) is 9.07. The summed E-state index contributed by atoms with van der Waals surface area (Å²) in [6, 6.07) is 0. The second-order valence-electron chi connectivity index (χ2n) is 6.77. The minimum absolute atomic E-state index is 0.0533. The van der Waals surface area contributed by atoms with Crippen molar-refractivity contribution < 1.29 is 23.8 Å². The summed E-state index contributed by atoms with van der Waals surface area (Å²) in [5.41, 5.74) is 0. The van der Waals surface area contributed by atoms with Crippen LogP contribution < -0.4 is 0 Å².